The van der Waals surface area contributed by atoms with Gasteiger partial charge < -0.3 is 15.2 Å². The average Bonchev–Trinajstić information content (AvgIpc) is 2.46. The average molecular weight is 272 g/mol. The van der Waals surface area contributed by atoms with Crippen LogP contribution in [0.2, 0.25) is 0 Å². The lowest BCUT2D eigenvalue weighted by Crippen LogP contribution is -2.23. The van der Waals surface area contributed by atoms with Gasteiger partial charge in [0.05, 0.1) is 7.11 Å². The number of nitrogens with zero attached hydrogens (tertiary/aromatic N) is 1. The van der Waals surface area contributed by atoms with E-state index in [2.05, 4.69) is 10.3 Å². The van der Waals surface area contributed by atoms with Crippen LogP contribution in [-0.4, -0.2) is 23.1 Å². The predicted molar refractivity (Wildman–Crippen MR) is 74.8 cm³/mol. The quantitative estimate of drug-likeness (QED) is 0.893. The maximum Gasteiger partial charge on any atom is 0.251 e. The number of aryl methyl sites for hydroxylation is 1. The molecule has 5 heteroatoms. The number of methoxy groups -OCH3 is 1. The van der Waals surface area contributed by atoms with Gasteiger partial charge in [-0.25, -0.2) is 0 Å². The van der Waals surface area contributed by atoms with Crippen molar-refractivity contribution in [2.75, 3.05) is 7.11 Å². The molecule has 0 saturated carbocycles. The van der Waals surface area contributed by atoms with Crippen LogP contribution in [0.5, 0.6) is 11.5 Å². The van der Waals surface area contributed by atoms with Gasteiger partial charge in [-0.3, -0.25) is 9.78 Å². The van der Waals surface area contributed by atoms with Crippen molar-refractivity contribution in [3.63, 3.8) is 0 Å². The molecule has 0 radical (unpaired) electrons. The first-order chi connectivity index (χ1) is 9.61. The van der Waals surface area contributed by atoms with Gasteiger partial charge in [-0.1, -0.05) is 0 Å². The third-order valence-corrected chi connectivity index (χ3v) is 3.02. The highest BCUT2D eigenvalue weighted by Gasteiger charge is 2.09. The molecule has 0 saturated heterocycles. The summed E-state index contributed by atoms with van der Waals surface area (Å²) in [6.07, 6.45) is 3.44. The molecule has 5 nitrogen and oxygen atoms in total. The van der Waals surface area contributed by atoms with Crippen LogP contribution in [0, 0.1) is 6.92 Å². The molecule has 1 heterocycles. The topological polar surface area (TPSA) is 71.5 Å². The Labute approximate surface area is 117 Å². The molecule has 1 aromatic heterocycles. The van der Waals surface area contributed by atoms with Crippen molar-refractivity contribution < 1.29 is 14.6 Å². The van der Waals surface area contributed by atoms with Gasteiger partial charge in [-0.05, 0) is 42.3 Å². The first kappa shape index (κ1) is 13.9. The van der Waals surface area contributed by atoms with Gasteiger partial charge in [0, 0.05) is 24.5 Å². The molecule has 1 aromatic carbocycles. The summed E-state index contributed by atoms with van der Waals surface area (Å²) >= 11 is 0. The molecular weight excluding hydrogens is 256 g/mol. The molecule has 2 rings (SSSR count). The van der Waals surface area contributed by atoms with E-state index < -0.39 is 0 Å². The number of phenols is 1. The Bertz CT molecular complexity index is 626. The third-order valence-electron chi connectivity index (χ3n) is 3.02. The molecule has 2 N–H and O–H groups in total. The van der Waals surface area contributed by atoms with Crippen LogP contribution in [0.15, 0.2) is 36.7 Å². The largest absolute Gasteiger partial charge is 0.504 e. The highest BCUT2D eigenvalue weighted by molar-refractivity contribution is 5.94. The number of carbonyl (C=O) groups is 1. The summed E-state index contributed by atoms with van der Waals surface area (Å²) in [6, 6.07) is 6.41. The van der Waals surface area contributed by atoms with Gasteiger partial charge >= 0.3 is 0 Å². The van der Waals surface area contributed by atoms with Gasteiger partial charge in [0.1, 0.15) is 0 Å². The smallest absolute Gasteiger partial charge is 0.251 e. The van der Waals surface area contributed by atoms with E-state index in [4.69, 9.17) is 4.74 Å². The SMILES string of the molecule is COc1ccc(C(=O)NCc2ccncc2C)cc1O. The molecule has 104 valence electrons. The van der Waals surface area contributed by atoms with E-state index in [0.29, 0.717) is 17.9 Å². The van der Waals surface area contributed by atoms with E-state index >= 15 is 0 Å². The molecule has 0 aliphatic rings. The van der Waals surface area contributed by atoms with Gasteiger partial charge in [-0.15, -0.1) is 0 Å². The van der Waals surface area contributed by atoms with Gasteiger partial charge in [0.25, 0.3) is 5.91 Å². The van der Waals surface area contributed by atoms with Gasteiger partial charge in [-0.2, -0.15) is 0 Å². The number of carbonyl (C=O) groups excluding carboxylic acids is 1. The Morgan fingerprint density at radius 1 is 1.40 bits per heavy atom. The molecule has 0 aliphatic heterocycles. The number of ether oxygens (including phenoxy) is 1. The number of amides is 1. The van der Waals surface area contributed by atoms with Crippen LogP contribution in [0.4, 0.5) is 0 Å². The summed E-state index contributed by atoms with van der Waals surface area (Å²) in [7, 11) is 1.46. The van der Waals surface area contributed by atoms with Crippen molar-refractivity contribution in [3.8, 4) is 11.5 Å². The van der Waals surface area contributed by atoms with Gasteiger partial charge in [0.15, 0.2) is 11.5 Å². The lowest BCUT2D eigenvalue weighted by atomic mass is 10.1. The second-order valence-corrected chi connectivity index (χ2v) is 4.37. The lowest BCUT2D eigenvalue weighted by molar-refractivity contribution is 0.0950. The Morgan fingerprint density at radius 2 is 2.20 bits per heavy atom. The van der Waals surface area contributed by atoms with E-state index in [1.54, 1.807) is 24.5 Å². The Hall–Kier alpha value is -2.56. The van der Waals surface area contributed by atoms with Crippen LogP contribution in [-0.2, 0) is 6.54 Å². The normalized spacial score (nSPS) is 10.1. The van der Waals surface area contributed by atoms with Crippen molar-refractivity contribution in [1.82, 2.24) is 10.3 Å². The van der Waals surface area contributed by atoms with Crippen LogP contribution in [0.25, 0.3) is 0 Å². The Balaban J connectivity index is 2.05. The zero-order valence-corrected chi connectivity index (χ0v) is 11.4. The minimum absolute atomic E-state index is 0.0553. The molecule has 0 unspecified atom stereocenters. The van der Waals surface area contributed by atoms with Crippen molar-refractivity contribution in [3.05, 3.63) is 53.3 Å². The highest BCUT2D eigenvalue weighted by Crippen LogP contribution is 2.26. The highest BCUT2D eigenvalue weighted by atomic mass is 16.5. The fourth-order valence-corrected chi connectivity index (χ4v) is 1.81. The number of rotatable bonds is 4. The summed E-state index contributed by atoms with van der Waals surface area (Å²) < 4.78 is 4.94. The molecule has 0 bridgehead atoms. The minimum Gasteiger partial charge on any atom is -0.504 e. The number of hydrogen-bond donors (Lipinski definition) is 2. The third kappa shape index (κ3) is 3.06. The maximum atomic E-state index is 12.0. The zero-order chi connectivity index (χ0) is 14.5. The summed E-state index contributed by atoms with van der Waals surface area (Å²) in [6.45, 7) is 2.35. The van der Waals surface area contributed by atoms with Crippen LogP contribution < -0.4 is 10.1 Å². The summed E-state index contributed by atoms with van der Waals surface area (Å²) in [4.78, 5) is 16.0. The van der Waals surface area contributed by atoms with E-state index in [-0.39, 0.29) is 11.7 Å². The number of hydrogen-bond acceptors (Lipinski definition) is 4. The van der Waals surface area contributed by atoms with E-state index in [1.165, 1.54) is 13.2 Å². The fraction of sp³-hybridized carbons (Fsp3) is 0.200. The number of aromatic nitrogens is 1. The van der Waals surface area contributed by atoms with Crippen molar-refractivity contribution in [1.29, 1.82) is 0 Å². The van der Waals surface area contributed by atoms with Gasteiger partial charge in [0.2, 0.25) is 0 Å². The predicted octanol–water partition coefficient (Wildman–Crippen LogP) is 2.03. The Morgan fingerprint density at radius 3 is 2.85 bits per heavy atom. The molecule has 20 heavy (non-hydrogen) atoms. The number of nitrogens with one attached hydrogen (secondary N) is 1. The second kappa shape index (κ2) is 6.06. The standard InChI is InChI=1S/C15H16N2O3/c1-10-8-16-6-5-12(10)9-17-15(19)11-3-4-14(20-2)13(18)7-11/h3-8,18H,9H2,1-2H3,(H,17,19). The number of pyridine rings is 1. The van der Waals surface area contributed by atoms with E-state index in [1.807, 2.05) is 13.0 Å². The molecular formula is C15H16N2O3. The number of aromatic hydroxyl groups is 1. The van der Waals surface area contributed by atoms with E-state index in [0.717, 1.165) is 11.1 Å². The zero-order valence-electron chi connectivity index (χ0n) is 11.4. The fourth-order valence-electron chi connectivity index (χ4n) is 1.81. The minimum atomic E-state index is -0.251. The number of phenolic OH excluding ortho intramolecular Hbond substituents is 1. The molecule has 0 spiro atoms. The van der Waals surface area contributed by atoms with Crippen molar-refractivity contribution >= 4 is 5.91 Å². The van der Waals surface area contributed by atoms with Crippen LogP contribution in [0.1, 0.15) is 21.5 Å². The second-order valence-electron chi connectivity index (χ2n) is 4.37. The van der Waals surface area contributed by atoms with Crippen LogP contribution >= 0.6 is 0 Å². The lowest BCUT2D eigenvalue weighted by Gasteiger charge is -2.09. The summed E-state index contributed by atoms with van der Waals surface area (Å²) in [5.74, 6) is 0.0333. The van der Waals surface area contributed by atoms with Crippen molar-refractivity contribution in [2.24, 2.45) is 0 Å². The van der Waals surface area contributed by atoms with Crippen molar-refractivity contribution in [2.45, 2.75) is 13.5 Å². The molecule has 0 aliphatic carbocycles. The number of benzene rings is 1. The monoisotopic (exact) mass is 272 g/mol. The van der Waals surface area contributed by atoms with E-state index in [9.17, 15) is 9.90 Å². The Kier molecular flexibility index (Phi) is 4.20. The summed E-state index contributed by atoms with van der Waals surface area (Å²) in [5.41, 5.74) is 2.41. The molecule has 1 amide bonds. The first-order valence-corrected chi connectivity index (χ1v) is 6.16. The van der Waals surface area contributed by atoms with Crippen LogP contribution in [0.3, 0.4) is 0 Å². The molecule has 0 fully saturated rings. The first-order valence-electron chi connectivity index (χ1n) is 6.16. The molecule has 2 aromatic rings. The summed E-state index contributed by atoms with van der Waals surface area (Å²) in [5, 5.41) is 12.5. The molecule has 0 atom stereocenters. The maximum absolute atomic E-state index is 12.0.